The Morgan fingerprint density at radius 2 is 1.89 bits per heavy atom. The molecule has 5 aromatic rings. The van der Waals surface area contributed by atoms with Gasteiger partial charge in [-0.05, 0) is 69.7 Å². The number of aryl methyl sites for hydroxylation is 2. The van der Waals surface area contributed by atoms with Crippen molar-refractivity contribution in [2.75, 3.05) is 5.32 Å². The van der Waals surface area contributed by atoms with Gasteiger partial charge in [-0.3, -0.25) is 4.79 Å². The molecule has 1 atom stereocenters. The van der Waals surface area contributed by atoms with Gasteiger partial charge in [0.05, 0.1) is 22.0 Å². The molecule has 0 aliphatic heterocycles. The van der Waals surface area contributed by atoms with Crippen LogP contribution in [0, 0.1) is 26.6 Å². The van der Waals surface area contributed by atoms with Crippen LogP contribution in [-0.2, 0) is 0 Å². The topological polar surface area (TPSA) is 105 Å². The number of hydrogen-bond acceptors (Lipinski definition) is 7. The Balaban J connectivity index is 1.67. The smallest absolute Gasteiger partial charge is 0.337 e. The summed E-state index contributed by atoms with van der Waals surface area (Å²) in [5.74, 6) is -1.52. The number of pyridine rings is 1. The number of fused-ring (bicyclic) bond motifs is 2. The molecule has 3 aromatic heterocycles. The van der Waals surface area contributed by atoms with Gasteiger partial charge in [0.2, 0.25) is 0 Å². The molecule has 0 fully saturated rings. The zero-order valence-electron chi connectivity index (χ0n) is 20.0. The predicted molar refractivity (Wildman–Crippen MR) is 139 cm³/mol. The first-order chi connectivity index (χ1) is 17.1. The van der Waals surface area contributed by atoms with Crippen LogP contribution in [0.15, 0.2) is 51.7 Å². The molecule has 0 bridgehead atoms. The van der Waals surface area contributed by atoms with Crippen LogP contribution in [-0.4, -0.2) is 21.0 Å². The average Bonchev–Trinajstić information content (AvgIpc) is 3.21. The van der Waals surface area contributed by atoms with Gasteiger partial charge >= 0.3 is 5.97 Å². The molecule has 7 nitrogen and oxygen atoms in total. The lowest BCUT2D eigenvalue weighted by Gasteiger charge is -2.20. The zero-order valence-corrected chi connectivity index (χ0v) is 20.8. The van der Waals surface area contributed by atoms with Crippen LogP contribution in [0.5, 0.6) is 0 Å². The number of aromatic carboxylic acids is 1. The minimum atomic E-state index is -1.25. The van der Waals surface area contributed by atoms with Crippen molar-refractivity contribution in [1.82, 2.24) is 9.97 Å². The van der Waals surface area contributed by atoms with E-state index in [-0.39, 0.29) is 16.7 Å². The fourth-order valence-corrected chi connectivity index (χ4v) is 5.10. The van der Waals surface area contributed by atoms with E-state index in [9.17, 15) is 19.1 Å². The highest BCUT2D eigenvalue weighted by Crippen LogP contribution is 2.33. The van der Waals surface area contributed by atoms with Crippen molar-refractivity contribution in [3.05, 3.63) is 85.8 Å². The van der Waals surface area contributed by atoms with Crippen molar-refractivity contribution in [2.24, 2.45) is 0 Å². The number of carboxylic acids is 1. The maximum Gasteiger partial charge on any atom is 0.337 e. The summed E-state index contributed by atoms with van der Waals surface area (Å²) in [6, 6.07) is 10.4. The monoisotopic (exact) mass is 503 g/mol. The van der Waals surface area contributed by atoms with Crippen LogP contribution in [0.25, 0.3) is 32.8 Å². The maximum atomic E-state index is 13.7. The normalized spacial score (nSPS) is 12.2. The standard InChI is InChI=1S/C27H22FN3O4S/c1-12-9-17(14(3)29-20-6-5-16(28)11-18(20)27(33)34)25-19(10-12)23(32)13(2)24(35-25)21-7-8-22-26(31-21)36-15(4)30-22/h5-11,14,29H,1-4H3,(H,33,34)/t14-/m1/s1. The van der Waals surface area contributed by atoms with Crippen molar-refractivity contribution >= 4 is 44.3 Å². The van der Waals surface area contributed by atoms with Gasteiger partial charge < -0.3 is 14.8 Å². The highest BCUT2D eigenvalue weighted by molar-refractivity contribution is 7.18. The number of carboxylic acid groups (broad SMARTS) is 1. The third-order valence-electron chi connectivity index (χ3n) is 6.04. The lowest BCUT2D eigenvalue weighted by Crippen LogP contribution is -2.14. The zero-order chi connectivity index (χ0) is 25.7. The largest absolute Gasteiger partial charge is 0.478 e. The van der Waals surface area contributed by atoms with Gasteiger partial charge in [-0.25, -0.2) is 19.2 Å². The third-order valence-corrected chi connectivity index (χ3v) is 6.92. The van der Waals surface area contributed by atoms with Crippen LogP contribution in [0.1, 0.15) is 45.0 Å². The second-order valence-corrected chi connectivity index (χ2v) is 9.91. The fraction of sp³-hybridized carbons (Fsp3) is 0.185. The molecule has 9 heteroatoms. The van der Waals surface area contributed by atoms with Gasteiger partial charge in [-0.15, -0.1) is 0 Å². The minimum Gasteiger partial charge on any atom is -0.478 e. The first kappa shape index (κ1) is 23.6. The van der Waals surface area contributed by atoms with E-state index >= 15 is 0 Å². The lowest BCUT2D eigenvalue weighted by atomic mass is 9.99. The molecule has 5 rings (SSSR count). The van der Waals surface area contributed by atoms with E-state index in [4.69, 9.17) is 4.42 Å². The number of nitrogens with zero attached hydrogens (tertiary/aromatic N) is 2. The Bertz CT molecular complexity index is 1740. The van der Waals surface area contributed by atoms with Crippen molar-refractivity contribution < 1.29 is 18.7 Å². The summed E-state index contributed by atoms with van der Waals surface area (Å²) in [5, 5.41) is 14.0. The molecule has 0 saturated carbocycles. The number of thiazole rings is 1. The molecule has 182 valence electrons. The second kappa shape index (κ2) is 8.83. The molecule has 0 unspecified atom stereocenters. The van der Waals surface area contributed by atoms with E-state index < -0.39 is 17.8 Å². The second-order valence-electron chi connectivity index (χ2n) is 8.73. The number of halogens is 1. The minimum absolute atomic E-state index is 0.168. The number of anilines is 1. The number of hydrogen-bond donors (Lipinski definition) is 2. The lowest BCUT2D eigenvalue weighted by molar-refractivity contribution is 0.0697. The summed E-state index contributed by atoms with van der Waals surface area (Å²) in [4.78, 5) is 35.0. The van der Waals surface area contributed by atoms with E-state index in [2.05, 4.69) is 15.3 Å². The molecule has 2 aromatic carbocycles. The van der Waals surface area contributed by atoms with E-state index in [1.165, 1.54) is 23.5 Å². The first-order valence-corrected chi connectivity index (χ1v) is 12.1. The molecule has 3 heterocycles. The van der Waals surface area contributed by atoms with E-state index in [1.807, 2.05) is 32.9 Å². The molecule has 0 spiro atoms. The average molecular weight is 504 g/mol. The van der Waals surface area contributed by atoms with Crippen molar-refractivity contribution in [2.45, 2.75) is 33.7 Å². The van der Waals surface area contributed by atoms with Crippen LogP contribution in [0.4, 0.5) is 10.1 Å². The van der Waals surface area contributed by atoms with Crippen LogP contribution in [0.3, 0.4) is 0 Å². The SMILES string of the molecule is Cc1cc([C@@H](C)Nc2ccc(F)cc2C(=O)O)c2oc(-c3ccc4nc(C)sc4n3)c(C)c(=O)c2c1. The number of carbonyl (C=O) groups is 1. The quantitative estimate of drug-likeness (QED) is 0.286. The molecule has 0 aliphatic rings. The Hall–Kier alpha value is -4.11. The van der Waals surface area contributed by atoms with Crippen molar-refractivity contribution in [1.29, 1.82) is 0 Å². The molecule has 0 aliphatic carbocycles. The van der Waals surface area contributed by atoms with Crippen molar-refractivity contribution in [3.8, 4) is 11.5 Å². The number of nitrogens with one attached hydrogen (secondary N) is 1. The number of aromatic nitrogens is 2. The van der Waals surface area contributed by atoms with Crippen LogP contribution in [0.2, 0.25) is 0 Å². The first-order valence-electron chi connectivity index (χ1n) is 11.2. The number of benzene rings is 2. The van der Waals surface area contributed by atoms with E-state index in [0.29, 0.717) is 33.6 Å². The summed E-state index contributed by atoms with van der Waals surface area (Å²) in [5.41, 5.74) is 3.56. The highest BCUT2D eigenvalue weighted by atomic mass is 32.1. The molecule has 0 saturated heterocycles. The summed E-state index contributed by atoms with van der Waals surface area (Å²) >= 11 is 1.46. The molecular formula is C27H22FN3O4S. The fourth-order valence-electron chi connectivity index (χ4n) is 4.32. The van der Waals surface area contributed by atoms with Gasteiger partial charge in [0.1, 0.15) is 27.4 Å². The van der Waals surface area contributed by atoms with Gasteiger partial charge in [0, 0.05) is 16.8 Å². The number of rotatable bonds is 5. The summed E-state index contributed by atoms with van der Waals surface area (Å²) in [6.07, 6.45) is 0. The Morgan fingerprint density at radius 3 is 2.64 bits per heavy atom. The molecule has 36 heavy (non-hydrogen) atoms. The summed E-state index contributed by atoms with van der Waals surface area (Å²) < 4.78 is 20.0. The third kappa shape index (κ3) is 4.11. The Kier molecular flexibility index (Phi) is 5.80. The van der Waals surface area contributed by atoms with Gasteiger partial charge in [-0.2, -0.15) is 0 Å². The Labute approximate surface area is 209 Å². The molecule has 0 amide bonds. The maximum absolute atomic E-state index is 13.7. The summed E-state index contributed by atoms with van der Waals surface area (Å²) in [6.45, 7) is 7.33. The summed E-state index contributed by atoms with van der Waals surface area (Å²) in [7, 11) is 0. The highest BCUT2D eigenvalue weighted by Gasteiger charge is 2.21. The van der Waals surface area contributed by atoms with Gasteiger partial charge in [-0.1, -0.05) is 17.4 Å². The Morgan fingerprint density at radius 1 is 1.11 bits per heavy atom. The van der Waals surface area contributed by atoms with Crippen LogP contribution >= 0.6 is 11.3 Å². The van der Waals surface area contributed by atoms with Gasteiger partial charge in [0.15, 0.2) is 11.2 Å². The molecule has 0 radical (unpaired) electrons. The van der Waals surface area contributed by atoms with Crippen molar-refractivity contribution in [3.63, 3.8) is 0 Å². The predicted octanol–water partition coefficient (Wildman–Crippen LogP) is 6.40. The van der Waals surface area contributed by atoms with E-state index in [0.717, 1.165) is 27.0 Å². The molecule has 2 N–H and O–H groups in total. The van der Waals surface area contributed by atoms with E-state index in [1.54, 1.807) is 19.1 Å². The van der Waals surface area contributed by atoms with Gasteiger partial charge in [0.25, 0.3) is 0 Å². The molecular weight excluding hydrogens is 481 g/mol. The van der Waals surface area contributed by atoms with Crippen LogP contribution < -0.4 is 10.7 Å².